The van der Waals surface area contributed by atoms with Crippen molar-refractivity contribution >= 4 is 23.2 Å². The zero-order valence-corrected chi connectivity index (χ0v) is 25.1. The van der Waals surface area contributed by atoms with E-state index in [4.69, 9.17) is 28.7 Å². The minimum atomic E-state index is -0.170. The number of likely N-dealkylation sites (tertiary alicyclic amines) is 1. The van der Waals surface area contributed by atoms with Gasteiger partial charge in [0.15, 0.2) is 23.0 Å². The number of benzene rings is 2. The summed E-state index contributed by atoms with van der Waals surface area (Å²) in [6.45, 7) is 5.49. The molecule has 0 aliphatic carbocycles. The summed E-state index contributed by atoms with van der Waals surface area (Å²) in [7, 11) is 3.26. The molecule has 2 aliphatic heterocycles. The smallest absolute Gasteiger partial charge is 0.309 e. The summed E-state index contributed by atoms with van der Waals surface area (Å²) in [5.74, 6) is 2.50. The van der Waals surface area contributed by atoms with Crippen molar-refractivity contribution in [3.05, 3.63) is 63.6 Å². The Bertz CT molecular complexity index is 1390. The summed E-state index contributed by atoms with van der Waals surface area (Å²) < 4.78 is 27.1. The Kier molecular flexibility index (Phi) is 9.81. The number of ether oxygens (including phenoxy) is 5. The Hall–Kier alpha value is -3.83. The predicted molar refractivity (Wildman–Crippen MR) is 157 cm³/mol. The number of piperidine rings is 1. The fourth-order valence-electron chi connectivity index (χ4n) is 5.25. The van der Waals surface area contributed by atoms with E-state index < -0.39 is 0 Å². The van der Waals surface area contributed by atoms with Crippen molar-refractivity contribution in [2.45, 2.75) is 39.3 Å². The van der Waals surface area contributed by atoms with E-state index in [9.17, 15) is 9.59 Å². The SMILES string of the molecule is CCOC(=O)C1CCN(C(=O)c2csc(CN(CCc3ccc(OC)c(OC)c3)Cc3ccc4c(c3)OCO4)n2)CC1. The molecule has 1 aromatic heterocycles. The Balaban J connectivity index is 1.25. The molecule has 0 radical (unpaired) electrons. The average molecular weight is 596 g/mol. The van der Waals surface area contributed by atoms with Crippen molar-refractivity contribution in [2.75, 3.05) is 47.3 Å². The molecular formula is C31H37N3O7S. The van der Waals surface area contributed by atoms with Crippen molar-refractivity contribution in [1.29, 1.82) is 0 Å². The fraction of sp³-hybridized carbons (Fsp3) is 0.452. The minimum Gasteiger partial charge on any atom is -0.493 e. The van der Waals surface area contributed by atoms with Crippen LogP contribution in [0.2, 0.25) is 0 Å². The van der Waals surface area contributed by atoms with Crippen LogP contribution >= 0.6 is 11.3 Å². The van der Waals surface area contributed by atoms with Crippen molar-refractivity contribution in [3.63, 3.8) is 0 Å². The van der Waals surface area contributed by atoms with E-state index in [2.05, 4.69) is 4.90 Å². The van der Waals surface area contributed by atoms with Gasteiger partial charge >= 0.3 is 5.97 Å². The fourth-order valence-corrected chi connectivity index (χ4v) is 6.06. The second kappa shape index (κ2) is 13.9. The second-order valence-corrected chi connectivity index (χ2v) is 11.2. The maximum Gasteiger partial charge on any atom is 0.309 e. The zero-order chi connectivity index (χ0) is 29.5. The third-order valence-corrected chi connectivity index (χ3v) is 8.37. The van der Waals surface area contributed by atoms with Gasteiger partial charge in [0.2, 0.25) is 6.79 Å². The molecule has 0 atom stereocenters. The van der Waals surface area contributed by atoms with Gasteiger partial charge in [-0.1, -0.05) is 12.1 Å². The number of carbonyl (C=O) groups is 2. The number of aromatic nitrogens is 1. The summed E-state index contributed by atoms with van der Waals surface area (Å²) in [5, 5.41) is 2.70. The van der Waals surface area contributed by atoms with E-state index in [0.717, 1.165) is 40.6 Å². The van der Waals surface area contributed by atoms with Gasteiger partial charge in [0.25, 0.3) is 5.91 Å². The number of hydrogen-bond donors (Lipinski definition) is 0. The first-order chi connectivity index (χ1) is 20.5. The average Bonchev–Trinajstić information content (AvgIpc) is 3.69. The van der Waals surface area contributed by atoms with E-state index in [1.807, 2.05) is 48.7 Å². The molecular weight excluding hydrogens is 558 g/mol. The monoisotopic (exact) mass is 595 g/mol. The van der Waals surface area contributed by atoms with Crippen LogP contribution in [0.25, 0.3) is 0 Å². The third kappa shape index (κ3) is 7.14. The number of nitrogens with zero attached hydrogens (tertiary/aromatic N) is 3. The highest BCUT2D eigenvalue weighted by Crippen LogP contribution is 2.33. The summed E-state index contributed by atoms with van der Waals surface area (Å²) in [6, 6.07) is 12.0. The maximum absolute atomic E-state index is 13.2. The lowest BCUT2D eigenvalue weighted by Crippen LogP contribution is -2.40. The predicted octanol–water partition coefficient (Wildman–Crippen LogP) is 4.55. The van der Waals surface area contributed by atoms with Gasteiger partial charge in [-0.25, -0.2) is 4.98 Å². The lowest BCUT2D eigenvalue weighted by atomic mass is 9.97. The topological polar surface area (TPSA) is 99.7 Å². The molecule has 2 aliphatic rings. The van der Waals surface area contributed by atoms with Gasteiger partial charge in [0, 0.05) is 31.6 Å². The second-order valence-electron chi connectivity index (χ2n) is 10.3. The lowest BCUT2D eigenvalue weighted by Gasteiger charge is -2.30. The number of amides is 1. The highest BCUT2D eigenvalue weighted by molar-refractivity contribution is 7.09. The molecule has 1 fully saturated rings. The van der Waals surface area contributed by atoms with Crippen LogP contribution in [0.5, 0.6) is 23.0 Å². The third-order valence-electron chi connectivity index (χ3n) is 7.54. The van der Waals surface area contributed by atoms with Crippen LogP contribution in [0.3, 0.4) is 0 Å². The van der Waals surface area contributed by atoms with Crippen LogP contribution in [0.4, 0.5) is 0 Å². The number of fused-ring (bicyclic) bond motifs is 1. The molecule has 5 rings (SSSR count). The normalized spacial score (nSPS) is 14.7. The van der Waals surface area contributed by atoms with E-state index in [1.54, 1.807) is 19.1 Å². The van der Waals surface area contributed by atoms with E-state index in [1.165, 1.54) is 11.3 Å². The summed E-state index contributed by atoms with van der Waals surface area (Å²) in [6.07, 6.45) is 2.01. The first-order valence-electron chi connectivity index (χ1n) is 14.2. The number of thiazole rings is 1. The Morgan fingerprint density at radius 1 is 1.00 bits per heavy atom. The molecule has 10 nitrogen and oxygen atoms in total. The molecule has 1 amide bonds. The molecule has 3 aromatic rings. The van der Waals surface area contributed by atoms with Crippen LogP contribution in [-0.2, 0) is 29.0 Å². The number of hydrogen-bond acceptors (Lipinski definition) is 10. The Morgan fingerprint density at radius 2 is 1.76 bits per heavy atom. The quantitative estimate of drug-likeness (QED) is 0.279. The Morgan fingerprint density at radius 3 is 2.52 bits per heavy atom. The van der Waals surface area contributed by atoms with Crippen LogP contribution in [0.15, 0.2) is 41.8 Å². The van der Waals surface area contributed by atoms with Crippen molar-refractivity contribution in [3.8, 4) is 23.0 Å². The van der Waals surface area contributed by atoms with Gasteiger partial charge in [-0.15, -0.1) is 11.3 Å². The maximum atomic E-state index is 13.2. The van der Waals surface area contributed by atoms with Gasteiger partial charge in [0.1, 0.15) is 10.7 Å². The number of methoxy groups -OCH3 is 2. The highest BCUT2D eigenvalue weighted by Gasteiger charge is 2.29. The summed E-state index contributed by atoms with van der Waals surface area (Å²) >= 11 is 1.49. The van der Waals surface area contributed by atoms with E-state index in [0.29, 0.717) is 62.8 Å². The molecule has 3 heterocycles. The molecule has 224 valence electrons. The molecule has 11 heteroatoms. The largest absolute Gasteiger partial charge is 0.493 e. The molecule has 42 heavy (non-hydrogen) atoms. The van der Waals surface area contributed by atoms with Gasteiger partial charge < -0.3 is 28.6 Å². The van der Waals surface area contributed by atoms with Crippen LogP contribution in [0, 0.1) is 5.92 Å². The first kappa shape index (κ1) is 29.7. The van der Waals surface area contributed by atoms with Gasteiger partial charge in [-0.2, -0.15) is 0 Å². The van der Waals surface area contributed by atoms with Gasteiger partial charge in [-0.3, -0.25) is 14.5 Å². The van der Waals surface area contributed by atoms with Crippen molar-refractivity contribution in [1.82, 2.24) is 14.8 Å². The van der Waals surface area contributed by atoms with Crippen molar-refractivity contribution in [2.24, 2.45) is 5.92 Å². The standard InChI is InChI=1S/C31H37N3O7S/c1-4-39-31(36)23-10-13-34(14-11-23)30(35)24-19-42-29(32-24)18-33(17-22-6-8-26-28(16-22)41-20-40-26)12-9-21-5-7-25(37-2)27(15-21)38-3/h5-8,15-16,19,23H,4,9-14,17-18,20H2,1-3H3. The van der Waals surface area contributed by atoms with E-state index in [-0.39, 0.29) is 24.6 Å². The zero-order valence-electron chi connectivity index (χ0n) is 24.3. The number of rotatable bonds is 12. The Labute approximate surface area is 250 Å². The molecule has 0 bridgehead atoms. The number of carbonyl (C=O) groups excluding carboxylic acids is 2. The van der Waals surface area contributed by atoms with Crippen molar-refractivity contribution < 1.29 is 33.3 Å². The molecule has 0 saturated carbocycles. The first-order valence-corrected chi connectivity index (χ1v) is 15.1. The molecule has 2 aromatic carbocycles. The molecule has 0 unspecified atom stereocenters. The van der Waals surface area contributed by atoms with Gasteiger partial charge in [0.05, 0.1) is 33.3 Å². The van der Waals surface area contributed by atoms with Crippen LogP contribution in [0.1, 0.15) is 46.4 Å². The van der Waals surface area contributed by atoms with Gasteiger partial charge in [-0.05, 0) is 61.6 Å². The molecule has 0 N–H and O–H groups in total. The molecule has 1 saturated heterocycles. The van der Waals surface area contributed by atoms with Crippen LogP contribution < -0.4 is 18.9 Å². The lowest BCUT2D eigenvalue weighted by molar-refractivity contribution is -0.149. The minimum absolute atomic E-state index is 0.0903. The summed E-state index contributed by atoms with van der Waals surface area (Å²) in [4.78, 5) is 34.1. The highest BCUT2D eigenvalue weighted by atomic mass is 32.1. The summed E-state index contributed by atoms with van der Waals surface area (Å²) in [5.41, 5.74) is 2.68. The number of esters is 1. The van der Waals surface area contributed by atoms with Crippen LogP contribution in [-0.4, -0.2) is 73.9 Å². The van der Waals surface area contributed by atoms with E-state index >= 15 is 0 Å². The molecule has 0 spiro atoms.